The fourth-order valence-electron chi connectivity index (χ4n) is 2.95. The number of sulfonamides is 1. The molecule has 1 saturated heterocycles. The highest BCUT2D eigenvalue weighted by atomic mass is 32.2. The number of nitrogens with one attached hydrogen (secondary N) is 1. The molecule has 0 bridgehead atoms. The number of ether oxygens (including phenoxy) is 1. The normalized spacial score (nSPS) is 19.9. The van der Waals surface area contributed by atoms with Crippen LogP contribution in [0.1, 0.15) is 24.0 Å². The van der Waals surface area contributed by atoms with Crippen molar-refractivity contribution in [2.75, 3.05) is 27.2 Å². The summed E-state index contributed by atoms with van der Waals surface area (Å²) in [5.74, 6) is 0.722. The lowest BCUT2D eigenvalue weighted by atomic mass is 10.1. The van der Waals surface area contributed by atoms with Gasteiger partial charge in [-0.25, -0.2) is 8.42 Å². The Morgan fingerprint density at radius 3 is 2.67 bits per heavy atom. The van der Waals surface area contributed by atoms with Gasteiger partial charge in [0.15, 0.2) is 0 Å². The largest absolute Gasteiger partial charge is 0.496 e. The molecule has 1 aromatic carbocycles. The Labute approximate surface area is 127 Å². The third kappa shape index (κ3) is 3.07. The summed E-state index contributed by atoms with van der Waals surface area (Å²) in [6, 6.07) is 3.56. The fraction of sp³-hybridized carbons (Fsp3) is 0.600. The second-order valence-corrected chi connectivity index (χ2v) is 7.42. The molecular formula is C15H24N2O3S. The summed E-state index contributed by atoms with van der Waals surface area (Å²) < 4.78 is 32.8. The molecule has 0 unspecified atom stereocenters. The highest BCUT2D eigenvalue weighted by molar-refractivity contribution is 7.89. The third-order valence-corrected chi connectivity index (χ3v) is 6.14. The third-order valence-electron chi connectivity index (χ3n) is 4.04. The highest BCUT2D eigenvalue weighted by Crippen LogP contribution is 2.31. The molecule has 1 heterocycles. The van der Waals surface area contributed by atoms with Gasteiger partial charge in [-0.1, -0.05) is 0 Å². The van der Waals surface area contributed by atoms with Crippen LogP contribution in [-0.4, -0.2) is 46.0 Å². The van der Waals surface area contributed by atoms with Crippen molar-refractivity contribution >= 4 is 10.0 Å². The van der Waals surface area contributed by atoms with E-state index in [9.17, 15) is 8.42 Å². The number of aryl methyl sites for hydroxylation is 2. The van der Waals surface area contributed by atoms with Gasteiger partial charge in [-0.05, 0) is 57.0 Å². The van der Waals surface area contributed by atoms with E-state index in [0.717, 1.165) is 29.7 Å². The van der Waals surface area contributed by atoms with Gasteiger partial charge in [-0.15, -0.1) is 0 Å². The van der Waals surface area contributed by atoms with Gasteiger partial charge in [0.2, 0.25) is 10.0 Å². The summed E-state index contributed by atoms with van der Waals surface area (Å²) in [4.78, 5) is 0.392. The van der Waals surface area contributed by atoms with Crippen LogP contribution in [0.25, 0.3) is 0 Å². The van der Waals surface area contributed by atoms with Crippen LogP contribution < -0.4 is 10.1 Å². The van der Waals surface area contributed by atoms with E-state index in [1.165, 1.54) is 0 Å². The smallest absolute Gasteiger partial charge is 0.243 e. The van der Waals surface area contributed by atoms with Crippen molar-refractivity contribution in [2.24, 2.45) is 0 Å². The SMILES string of the molecule is CNC[C@@H]1CCCN1S(=O)(=O)c1cc(C)c(OC)cc1C. The zero-order valence-corrected chi connectivity index (χ0v) is 14.0. The minimum atomic E-state index is -3.45. The van der Waals surface area contributed by atoms with Crippen molar-refractivity contribution in [2.45, 2.75) is 37.6 Å². The average molecular weight is 312 g/mol. The molecular weight excluding hydrogens is 288 g/mol. The zero-order chi connectivity index (χ0) is 15.6. The summed E-state index contributed by atoms with van der Waals surface area (Å²) in [7, 11) is -0.000775. The van der Waals surface area contributed by atoms with E-state index in [0.29, 0.717) is 18.0 Å². The van der Waals surface area contributed by atoms with Crippen molar-refractivity contribution in [3.05, 3.63) is 23.3 Å². The van der Waals surface area contributed by atoms with Crippen molar-refractivity contribution in [1.29, 1.82) is 0 Å². The van der Waals surface area contributed by atoms with E-state index in [2.05, 4.69) is 5.32 Å². The van der Waals surface area contributed by atoms with Gasteiger partial charge in [0, 0.05) is 19.1 Å². The topological polar surface area (TPSA) is 58.6 Å². The van der Waals surface area contributed by atoms with Crippen LogP contribution in [0.4, 0.5) is 0 Å². The molecule has 5 nitrogen and oxygen atoms in total. The van der Waals surface area contributed by atoms with Gasteiger partial charge in [0.25, 0.3) is 0 Å². The first-order chi connectivity index (χ1) is 9.91. The van der Waals surface area contributed by atoms with E-state index in [-0.39, 0.29) is 6.04 Å². The van der Waals surface area contributed by atoms with E-state index >= 15 is 0 Å². The number of rotatable bonds is 5. The standard InChI is InChI=1S/C15H24N2O3S/c1-11-9-15(12(2)8-14(11)20-4)21(18,19)17-7-5-6-13(17)10-16-3/h8-9,13,16H,5-7,10H2,1-4H3/t13-/m0/s1. The Morgan fingerprint density at radius 1 is 1.33 bits per heavy atom. The molecule has 118 valence electrons. The van der Waals surface area contributed by atoms with Crippen molar-refractivity contribution in [3.63, 3.8) is 0 Å². The number of hydrogen-bond donors (Lipinski definition) is 1. The lowest BCUT2D eigenvalue weighted by Gasteiger charge is -2.25. The van der Waals surface area contributed by atoms with E-state index in [1.54, 1.807) is 23.5 Å². The lowest BCUT2D eigenvalue weighted by Crippen LogP contribution is -2.41. The maximum absolute atomic E-state index is 12.9. The van der Waals surface area contributed by atoms with Crippen LogP contribution in [-0.2, 0) is 10.0 Å². The van der Waals surface area contributed by atoms with Gasteiger partial charge >= 0.3 is 0 Å². The average Bonchev–Trinajstić information content (AvgIpc) is 2.90. The quantitative estimate of drug-likeness (QED) is 0.899. The summed E-state index contributed by atoms with van der Waals surface area (Å²) in [6.07, 6.45) is 1.83. The van der Waals surface area contributed by atoms with Crippen LogP contribution >= 0.6 is 0 Å². The summed E-state index contributed by atoms with van der Waals surface area (Å²) in [5.41, 5.74) is 1.57. The molecule has 21 heavy (non-hydrogen) atoms. The van der Waals surface area contributed by atoms with Gasteiger partial charge in [-0.3, -0.25) is 0 Å². The molecule has 0 amide bonds. The molecule has 1 atom stereocenters. The first-order valence-electron chi connectivity index (χ1n) is 7.23. The van der Waals surface area contributed by atoms with Crippen LogP contribution in [0.5, 0.6) is 5.75 Å². The van der Waals surface area contributed by atoms with Crippen molar-refractivity contribution in [1.82, 2.24) is 9.62 Å². The van der Waals surface area contributed by atoms with Crippen LogP contribution in [0.3, 0.4) is 0 Å². The van der Waals surface area contributed by atoms with Crippen LogP contribution in [0, 0.1) is 13.8 Å². The Balaban J connectivity index is 2.42. The summed E-state index contributed by atoms with van der Waals surface area (Å²) in [6.45, 7) is 4.97. The molecule has 1 aromatic rings. The van der Waals surface area contributed by atoms with E-state index < -0.39 is 10.0 Å². The zero-order valence-electron chi connectivity index (χ0n) is 13.1. The number of nitrogens with zero attached hydrogens (tertiary/aromatic N) is 1. The van der Waals surface area contributed by atoms with Crippen molar-refractivity contribution < 1.29 is 13.2 Å². The Morgan fingerprint density at radius 2 is 2.05 bits per heavy atom. The Kier molecular flexibility index (Phi) is 4.91. The second-order valence-electron chi connectivity index (χ2n) is 5.56. The molecule has 0 spiro atoms. The molecule has 1 fully saturated rings. The molecule has 1 N–H and O–H groups in total. The first-order valence-corrected chi connectivity index (χ1v) is 8.67. The Bertz CT molecular complexity index is 614. The Hall–Kier alpha value is -1.11. The van der Waals surface area contributed by atoms with Crippen molar-refractivity contribution in [3.8, 4) is 5.75 Å². The number of hydrogen-bond acceptors (Lipinski definition) is 4. The maximum Gasteiger partial charge on any atom is 0.243 e. The number of methoxy groups -OCH3 is 1. The minimum absolute atomic E-state index is 0.0433. The summed E-state index contributed by atoms with van der Waals surface area (Å²) in [5, 5.41) is 3.08. The van der Waals surface area contributed by atoms with E-state index in [4.69, 9.17) is 4.74 Å². The molecule has 1 aliphatic rings. The molecule has 0 radical (unpaired) electrons. The monoisotopic (exact) mass is 312 g/mol. The molecule has 0 aliphatic carbocycles. The molecule has 2 rings (SSSR count). The van der Waals surface area contributed by atoms with Gasteiger partial charge in [0.1, 0.15) is 5.75 Å². The van der Waals surface area contributed by atoms with Gasteiger partial charge < -0.3 is 10.1 Å². The molecule has 0 aromatic heterocycles. The number of likely N-dealkylation sites (N-methyl/N-ethyl adjacent to an activating group) is 1. The molecule has 0 saturated carbocycles. The number of benzene rings is 1. The minimum Gasteiger partial charge on any atom is -0.496 e. The lowest BCUT2D eigenvalue weighted by molar-refractivity contribution is 0.378. The maximum atomic E-state index is 12.9. The highest BCUT2D eigenvalue weighted by Gasteiger charge is 2.35. The van der Waals surface area contributed by atoms with E-state index in [1.807, 2.05) is 20.9 Å². The molecule has 6 heteroatoms. The predicted octanol–water partition coefficient (Wildman–Crippen LogP) is 1.68. The van der Waals surface area contributed by atoms with Crippen LogP contribution in [0.2, 0.25) is 0 Å². The van der Waals surface area contributed by atoms with Gasteiger partial charge in [0.05, 0.1) is 12.0 Å². The van der Waals surface area contributed by atoms with Gasteiger partial charge in [-0.2, -0.15) is 4.31 Å². The van der Waals surface area contributed by atoms with Crippen LogP contribution in [0.15, 0.2) is 17.0 Å². The molecule has 1 aliphatic heterocycles. The first kappa shape index (κ1) is 16.3. The predicted molar refractivity (Wildman–Crippen MR) is 83.3 cm³/mol. The second kappa shape index (κ2) is 6.34. The summed E-state index contributed by atoms with van der Waals surface area (Å²) >= 11 is 0. The fourth-order valence-corrected chi connectivity index (χ4v) is 4.94.